The molecular formula is C22H31N3O5. The molecule has 1 aromatic carbocycles. The van der Waals surface area contributed by atoms with Crippen LogP contribution in [-0.4, -0.2) is 43.3 Å². The van der Waals surface area contributed by atoms with Crippen LogP contribution in [0.1, 0.15) is 45.6 Å². The molecule has 0 unspecified atom stereocenters. The molecule has 1 aliphatic heterocycles. The number of alkyl carbamates (subject to hydrolysis) is 1. The highest BCUT2D eigenvalue weighted by atomic mass is 16.6. The van der Waals surface area contributed by atoms with Gasteiger partial charge in [0.05, 0.1) is 13.2 Å². The Morgan fingerprint density at radius 2 is 1.87 bits per heavy atom. The summed E-state index contributed by atoms with van der Waals surface area (Å²) in [6.45, 7) is 7.19. The number of carbonyl (C=O) groups is 3. The average Bonchev–Trinajstić information content (AvgIpc) is 2.66. The van der Waals surface area contributed by atoms with Crippen LogP contribution in [0.15, 0.2) is 35.9 Å². The van der Waals surface area contributed by atoms with Crippen molar-refractivity contribution >= 4 is 23.6 Å². The maximum Gasteiger partial charge on any atom is 0.407 e. The van der Waals surface area contributed by atoms with Crippen LogP contribution in [-0.2, 0) is 25.6 Å². The van der Waals surface area contributed by atoms with Gasteiger partial charge in [-0.3, -0.25) is 9.59 Å². The lowest BCUT2D eigenvalue weighted by Crippen LogP contribution is -2.34. The van der Waals surface area contributed by atoms with Crippen molar-refractivity contribution in [3.63, 3.8) is 0 Å². The van der Waals surface area contributed by atoms with Gasteiger partial charge >= 0.3 is 6.09 Å². The number of anilines is 1. The van der Waals surface area contributed by atoms with E-state index < -0.39 is 11.7 Å². The van der Waals surface area contributed by atoms with E-state index in [1.165, 1.54) is 0 Å². The van der Waals surface area contributed by atoms with Crippen LogP contribution in [0.2, 0.25) is 0 Å². The van der Waals surface area contributed by atoms with Gasteiger partial charge in [0.25, 0.3) is 0 Å². The third kappa shape index (κ3) is 9.56. The summed E-state index contributed by atoms with van der Waals surface area (Å²) < 4.78 is 10.4. The third-order valence-corrected chi connectivity index (χ3v) is 4.17. The van der Waals surface area contributed by atoms with Gasteiger partial charge in [-0.25, -0.2) is 4.79 Å². The van der Waals surface area contributed by atoms with E-state index in [2.05, 4.69) is 16.0 Å². The maximum atomic E-state index is 12.1. The van der Waals surface area contributed by atoms with Gasteiger partial charge in [-0.1, -0.05) is 17.7 Å². The maximum absolute atomic E-state index is 12.1. The Hall–Kier alpha value is -2.87. The SMILES string of the molecule is CC(C)(C)OC(=O)NCCC(=O)Nc1cccc(CNC(=O)C=C2CCOCC2)c1. The first-order valence-corrected chi connectivity index (χ1v) is 10.1. The second-order valence-electron chi connectivity index (χ2n) is 8.06. The van der Waals surface area contributed by atoms with Gasteiger partial charge in [0.15, 0.2) is 0 Å². The van der Waals surface area contributed by atoms with Crippen molar-refractivity contribution in [2.45, 2.75) is 52.2 Å². The van der Waals surface area contributed by atoms with Crippen LogP contribution in [0.25, 0.3) is 0 Å². The minimum atomic E-state index is -0.580. The molecule has 1 heterocycles. The molecule has 2 rings (SSSR count). The van der Waals surface area contributed by atoms with Crippen molar-refractivity contribution in [1.29, 1.82) is 0 Å². The van der Waals surface area contributed by atoms with E-state index in [0.29, 0.717) is 25.4 Å². The third-order valence-electron chi connectivity index (χ3n) is 4.17. The van der Waals surface area contributed by atoms with Crippen molar-refractivity contribution in [1.82, 2.24) is 10.6 Å². The Labute approximate surface area is 177 Å². The molecule has 3 N–H and O–H groups in total. The second-order valence-corrected chi connectivity index (χ2v) is 8.06. The Bertz CT molecular complexity index is 775. The van der Waals surface area contributed by atoms with Crippen molar-refractivity contribution in [3.05, 3.63) is 41.5 Å². The molecule has 1 aliphatic rings. The predicted molar refractivity (Wildman–Crippen MR) is 114 cm³/mol. The molecule has 0 radical (unpaired) electrons. The number of ether oxygens (including phenoxy) is 2. The van der Waals surface area contributed by atoms with Crippen molar-refractivity contribution in [3.8, 4) is 0 Å². The monoisotopic (exact) mass is 417 g/mol. The van der Waals surface area contributed by atoms with Crippen LogP contribution in [0.3, 0.4) is 0 Å². The summed E-state index contributed by atoms with van der Waals surface area (Å²) in [5.74, 6) is -0.356. The lowest BCUT2D eigenvalue weighted by molar-refractivity contribution is -0.117. The first-order valence-electron chi connectivity index (χ1n) is 10.1. The molecule has 164 valence electrons. The molecule has 30 heavy (non-hydrogen) atoms. The quantitative estimate of drug-likeness (QED) is 0.592. The molecule has 0 aromatic heterocycles. The van der Waals surface area contributed by atoms with Gasteiger partial charge < -0.3 is 25.4 Å². The summed E-state index contributed by atoms with van der Waals surface area (Å²) in [6.07, 6.45) is 2.79. The number of nitrogens with one attached hydrogen (secondary N) is 3. The van der Waals surface area contributed by atoms with Gasteiger partial charge in [0.2, 0.25) is 11.8 Å². The summed E-state index contributed by atoms with van der Waals surface area (Å²) in [7, 11) is 0. The molecule has 0 spiro atoms. The molecule has 1 aromatic rings. The average molecular weight is 418 g/mol. The zero-order chi connectivity index (χ0) is 22.0. The number of benzene rings is 1. The number of rotatable bonds is 7. The fourth-order valence-corrected chi connectivity index (χ4v) is 2.78. The lowest BCUT2D eigenvalue weighted by Gasteiger charge is -2.19. The van der Waals surface area contributed by atoms with Crippen LogP contribution in [0.5, 0.6) is 0 Å². The lowest BCUT2D eigenvalue weighted by atomic mass is 10.1. The van der Waals surface area contributed by atoms with E-state index in [1.54, 1.807) is 39.0 Å². The molecule has 1 saturated heterocycles. The highest BCUT2D eigenvalue weighted by Gasteiger charge is 2.16. The van der Waals surface area contributed by atoms with Crippen molar-refractivity contribution in [2.24, 2.45) is 0 Å². The van der Waals surface area contributed by atoms with Gasteiger partial charge in [0, 0.05) is 31.3 Å². The Morgan fingerprint density at radius 3 is 2.57 bits per heavy atom. The summed E-state index contributed by atoms with van der Waals surface area (Å²) >= 11 is 0. The van der Waals surface area contributed by atoms with Crippen LogP contribution in [0.4, 0.5) is 10.5 Å². The van der Waals surface area contributed by atoms with Gasteiger partial charge in [0.1, 0.15) is 5.60 Å². The van der Waals surface area contributed by atoms with E-state index in [-0.39, 0.29) is 24.8 Å². The predicted octanol–water partition coefficient (Wildman–Crippen LogP) is 2.89. The fraction of sp³-hybridized carbons (Fsp3) is 0.500. The summed E-state index contributed by atoms with van der Waals surface area (Å²) in [5, 5.41) is 8.20. The highest BCUT2D eigenvalue weighted by molar-refractivity contribution is 5.91. The topological polar surface area (TPSA) is 106 Å². The summed E-state index contributed by atoms with van der Waals surface area (Å²) in [5.41, 5.74) is 2.02. The number of carbonyl (C=O) groups excluding carboxylic acids is 3. The Balaban J connectivity index is 1.74. The van der Waals surface area contributed by atoms with E-state index in [1.807, 2.05) is 12.1 Å². The fourth-order valence-electron chi connectivity index (χ4n) is 2.78. The zero-order valence-electron chi connectivity index (χ0n) is 17.9. The number of amides is 3. The Kier molecular flexibility index (Phi) is 8.86. The van der Waals surface area contributed by atoms with E-state index in [4.69, 9.17) is 9.47 Å². The molecule has 0 aliphatic carbocycles. The van der Waals surface area contributed by atoms with Crippen molar-refractivity contribution < 1.29 is 23.9 Å². The minimum absolute atomic E-state index is 0.123. The van der Waals surface area contributed by atoms with Crippen molar-refractivity contribution in [2.75, 3.05) is 25.1 Å². The number of hydrogen-bond acceptors (Lipinski definition) is 5. The molecule has 1 fully saturated rings. The summed E-state index contributed by atoms with van der Waals surface area (Å²) in [4.78, 5) is 35.7. The molecule has 0 atom stereocenters. The standard InChI is InChI=1S/C22H31N3O5/c1-22(2,3)30-21(28)23-10-7-19(26)25-18-6-4-5-17(13-18)15-24-20(27)14-16-8-11-29-12-9-16/h4-6,13-14H,7-12,15H2,1-3H3,(H,23,28)(H,24,27)(H,25,26). The van der Waals surface area contributed by atoms with E-state index in [0.717, 1.165) is 24.0 Å². The summed E-state index contributed by atoms with van der Waals surface area (Å²) in [6, 6.07) is 7.27. The molecule has 0 saturated carbocycles. The highest BCUT2D eigenvalue weighted by Crippen LogP contribution is 2.13. The van der Waals surface area contributed by atoms with E-state index in [9.17, 15) is 14.4 Å². The normalized spacial score (nSPS) is 13.9. The molecule has 0 bridgehead atoms. The van der Waals surface area contributed by atoms with Gasteiger partial charge in [-0.2, -0.15) is 0 Å². The van der Waals surface area contributed by atoms with Crippen LogP contribution in [0, 0.1) is 0 Å². The second kappa shape index (κ2) is 11.3. The van der Waals surface area contributed by atoms with Crippen LogP contribution < -0.4 is 16.0 Å². The molecule has 3 amide bonds. The number of hydrogen-bond donors (Lipinski definition) is 3. The smallest absolute Gasteiger partial charge is 0.407 e. The first kappa shape index (κ1) is 23.4. The largest absolute Gasteiger partial charge is 0.444 e. The van der Waals surface area contributed by atoms with Gasteiger partial charge in [-0.05, 0) is 51.3 Å². The first-order chi connectivity index (χ1) is 14.2. The zero-order valence-corrected chi connectivity index (χ0v) is 17.9. The molecule has 8 nitrogen and oxygen atoms in total. The van der Waals surface area contributed by atoms with Crippen LogP contribution >= 0.6 is 0 Å². The molecular weight excluding hydrogens is 386 g/mol. The minimum Gasteiger partial charge on any atom is -0.444 e. The van der Waals surface area contributed by atoms with Gasteiger partial charge in [-0.15, -0.1) is 0 Å². The van der Waals surface area contributed by atoms with E-state index >= 15 is 0 Å². The Morgan fingerprint density at radius 1 is 1.13 bits per heavy atom. The molecule has 8 heteroatoms.